The van der Waals surface area contributed by atoms with E-state index in [4.69, 9.17) is 5.73 Å². The second-order valence-corrected chi connectivity index (χ2v) is 4.83. The summed E-state index contributed by atoms with van der Waals surface area (Å²) < 4.78 is 13.1. The summed E-state index contributed by atoms with van der Waals surface area (Å²) in [6.07, 6.45) is 1.70. The van der Waals surface area contributed by atoms with E-state index in [1.165, 1.54) is 12.1 Å². The minimum atomic E-state index is -0.319. The summed E-state index contributed by atoms with van der Waals surface area (Å²) in [5, 5.41) is 2.75. The second kappa shape index (κ2) is 6.83. The van der Waals surface area contributed by atoms with Crippen LogP contribution in [0.4, 0.5) is 10.2 Å². The fourth-order valence-electron chi connectivity index (χ4n) is 2.06. The maximum absolute atomic E-state index is 13.1. The Labute approximate surface area is 123 Å². The van der Waals surface area contributed by atoms with Crippen molar-refractivity contribution in [2.45, 2.75) is 26.3 Å². The van der Waals surface area contributed by atoms with E-state index in [9.17, 15) is 9.18 Å². The average molecular weight is 287 g/mol. The summed E-state index contributed by atoms with van der Waals surface area (Å²) >= 11 is 0. The number of rotatable bonds is 5. The molecule has 0 spiro atoms. The van der Waals surface area contributed by atoms with Gasteiger partial charge in [0.05, 0.1) is 0 Å². The summed E-state index contributed by atoms with van der Waals surface area (Å²) in [6, 6.07) is 9.41. The number of amides is 1. The van der Waals surface area contributed by atoms with Crippen molar-refractivity contribution in [1.29, 1.82) is 0 Å². The number of anilines is 1. The Morgan fingerprint density at radius 3 is 2.86 bits per heavy atom. The zero-order chi connectivity index (χ0) is 15.2. The lowest BCUT2D eigenvalue weighted by Gasteiger charge is -2.08. The van der Waals surface area contributed by atoms with E-state index in [0.29, 0.717) is 16.9 Å². The highest BCUT2D eigenvalue weighted by Crippen LogP contribution is 2.10. The molecule has 1 aromatic heterocycles. The summed E-state index contributed by atoms with van der Waals surface area (Å²) in [4.78, 5) is 16.3. The first-order valence-electron chi connectivity index (χ1n) is 6.87. The molecule has 1 aromatic carbocycles. The Morgan fingerprint density at radius 2 is 2.14 bits per heavy atom. The Kier molecular flexibility index (Phi) is 4.87. The lowest BCUT2D eigenvalue weighted by atomic mass is 10.1. The van der Waals surface area contributed by atoms with Crippen molar-refractivity contribution in [1.82, 2.24) is 10.3 Å². The highest BCUT2D eigenvalue weighted by atomic mass is 19.1. The summed E-state index contributed by atoms with van der Waals surface area (Å²) in [7, 11) is 0. The highest BCUT2D eigenvalue weighted by molar-refractivity contribution is 5.94. The highest BCUT2D eigenvalue weighted by Gasteiger charge is 2.09. The van der Waals surface area contributed by atoms with E-state index >= 15 is 0 Å². The molecule has 3 N–H and O–H groups in total. The number of halogens is 1. The molecule has 2 aromatic rings. The predicted molar refractivity (Wildman–Crippen MR) is 80.2 cm³/mol. The molecule has 21 heavy (non-hydrogen) atoms. The van der Waals surface area contributed by atoms with Crippen LogP contribution in [0.25, 0.3) is 0 Å². The van der Waals surface area contributed by atoms with Gasteiger partial charge in [0.2, 0.25) is 0 Å². The molecule has 0 saturated carbocycles. The number of hydrogen-bond donors (Lipinski definition) is 2. The number of aryl methyl sites for hydroxylation is 1. The predicted octanol–water partition coefficient (Wildman–Crippen LogP) is 2.69. The van der Waals surface area contributed by atoms with Crippen molar-refractivity contribution < 1.29 is 9.18 Å². The van der Waals surface area contributed by atoms with Gasteiger partial charge in [-0.2, -0.15) is 0 Å². The second-order valence-electron chi connectivity index (χ2n) is 4.83. The summed E-state index contributed by atoms with van der Waals surface area (Å²) in [5.41, 5.74) is 7.70. The van der Waals surface area contributed by atoms with Gasteiger partial charge in [0.25, 0.3) is 5.91 Å². The minimum absolute atomic E-state index is 0.245. The maximum Gasteiger partial charge on any atom is 0.251 e. The van der Waals surface area contributed by atoms with Crippen molar-refractivity contribution in [2.75, 3.05) is 5.73 Å². The quantitative estimate of drug-likeness (QED) is 0.888. The van der Waals surface area contributed by atoms with Crippen molar-refractivity contribution in [3.63, 3.8) is 0 Å². The van der Waals surface area contributed by atoms with Crippen molar-refractivity contribution in [3.05, 3.63) is 59.0 Å². The van der Waals surface area contributed by atoms with Gasteiger partial charge in [-0.25, -0.2) is 9.37 Å². The molecule has 1 amide bonds. The van der Waals surface area contributed by atoms with Crippen LogP contribution in [0.1, 0.15) is 35.0 Å². The standard InChI is InChI=1S/C16H18FN3O/c1-2-4-14-8-12(9-15(18)20-14)16(21)19-10-11-5-3-6-13(17)7-11/h3,5-9H,2,4,10H2,1H3,(H2,18,20)(H,19,21). The first-order chi connectivity index (χ1) is 10.1. The van der Waals surface area contributed by atoms with Crippen molar-refractivity contribution >= 4 is 11.7 Å². The van der Waals surface area contributed by atoms with E-state index in [1.54, 1.807) is 24.3 Å². The first kappa shape index (κ1) is 15.0. The number of nitrogens with two attached hydrogens (primary N) is 1. The number of nitrogens with one attached hydrogen (secondary N) is 1. The monoisotopic (exact) mass is 287 g/mol. The lowest BCUT2D eigenvalue weighted by molar-refractivity contribution is 0.0950. The SMILES string of the molecule is CCCc1cc(C(=O)NCc2cccc(F)c2)cc(N)n1. The Balaban J connectivity index is 2.06. The normalized spacial score (nSPS) is 10.4. The molecule has 0 aliphatic carbocycles. The molecule has 110 valence electrons. The molecule has 0 fully saturated rings. The number of nitrogens with zero attached hydrogens (tertiary/aromatic N) is 1. The van der Waals surface area contributed by atoms with Gasteiger partial charge in [0, 0.05) is 17.8 Å². The lowest BCUT2D eigenvalue weighted by Crippen LogP contribution is -2.23. The fourth-order valence-corrected chi connectivity index (χ4v) is 2.06. The topological polar surface area (TPSA) is 68.0 Å². The third-order valence-corrected chi connectivity index (χ3v) is 3.01. The zero-order valence-corrected chi connectivity index (χ0v) is 11.9. The minimum Gasteiger partial charge on any atom is -0.384 e. The van der Waals surface area contributed by atoms with E-state index < -0.39 is 0 Å². The van der Waals surface area contributed by atoms with Crippen LogP contribution in [0.15, 0.2) is 36.4 Å². The molecule has 0 bridgehead atoms. The smallest absolute Gasteiger partial charge is 0.251 e. The van der Waals surface area contributed by atoms with E-state index in [0.717, 1.165) is 18.5 Å². The molecule has 2 rings (SSSR count). The van der Waals surface area contributed by atoms with Crippen LogP contribution in [0.5, 0.6) is 0 Å². The molecule has 0 aliphatic rings. The van der Waals surface area contributed by atoms with Crippen molar-refractivity contribution in [2.24, 2.45) is 0 Å². The number of carbonyl (C=O) groups excluding carboxylic acids is 1. The van der Waals surface area contributed by atoms with Crippen LogP contribution in [0, 0.1) is 5.82 Å². The molecular formula is C16H18FN3O. The number of carbonyl (C=O) groups is 1. The molecule has 0 unspecified atom stereocenters. The number of hydrogen-bond acceptors (Lipinski definition) is 3. The maximum atomic E-state index is 13.1. The number of aromatic nitrogens is 1. The van der Waals surface area contributed by atoms with Gasteiger partial charge in [0.15, 0.2) is 0 Å². The van der Waals surface area contributed by atoms with Crippen LogP contribution in [0.2, 0.25) is 0 Å². The van der Waals surface area contributed by atoms with Gasteiger partial charge in [-0.05, 0) is 36.2 Å². The third kappa shape index (κ3) is 4.27. The molecule has 4 nitrogen and oxygen atoms in total. The molecule has 1 heterocycles. The van der Waals surface area contributed by atoms with Crippen molar-refractivity contribution in [3.8, 4) is 0 Å². The van der Waals surface area contributed by atoms with E-state index in [-0.39, 0.29) is 18.3 Å². The average Bonchev–Trinajstić information content (AvgIpc) is 2.44. The van der Waals surface area contributed by atoms with Gasteiger partial charge in [-0.15, -0.1) is 0 Å². The van der Waals surface area contributed by atoms with Crippen LogP contribution < -0.4 is 11.1 Å². The number of pyridine rings is 1. The molecule has 0 aliphatic heterocycles. The van der Waals surface area contributed by atoms with Gasteiger partial charge in [-0.1, -0.05) is 25.5 Å². The molecular weight excluding hydrogens is 269 g/mol. The van der Waals surface area contributed by atoms with Gasteiger partial charge < -0.3 is 11.1 Å². The number of benzene rings is 1. The molecule has 0 atom stereocenters. The number of nitrogen functional groups attached to an aromatic ring is 1. The molecule has 0 radical (unpaired) electrons. The largest absolute Gasteiger partial charge is 0.384 e. The Morgan fingerprint density at radius 1 is 1.33 bits per heavy atom. The van der Waals surface area contributed by atoms with E-state index in [2.05, 4.69) is 10.3 Å². The zero-order valence-electron chi connectivity index (χ0n) is 11.9. The van der Waals surface area contributed by atoms with Gasteiger partial charge in [-0.3, -0.25) is 4.79 Å². The van der Waals surface area contributed by atoms with Crippen LogP contribution >= 0.6 is 0 Å². The van der Waals surface area contributed by atoms with E-state index in [1.807, 2.05) is 6.92 Å². The first-order valence-corrected chi connectivity index (χ1v) is 6.87. The summed E-state index contributed by atoms with van der Waals surface area (Å²) in [5.74, 6) is -0.234. The van der Waals surface area contributed by atoms with Gasteiger partial charge >= 0.3 is 0 Å². The molecule has 0 saturated heterocycles. The van der Waals surface area contributed by atoms with Crippen LogP contribution in [-0.2, 0) is 13.0 Å². The Hall–Kier alpha value is -2.43. The van der Waals surface area contributed by atoms with Crippen LogP contribution in [0.3, 0.4) is 0 Å². The molecule has 5 heteroatoms. The Bertz CT molecular complexity index is 643. The fraction of sp³-hybridized carbons (Fsp3) is 0.250. The van der Waals surface area contributed by atoms with Crippen LogP contribution in [-0.4, -0.2) is 10.9 Å². The van der Waals surface area contributed by atoms with Gasteiger partial charge in [0.1, 0.15) is 11.6 Å². The third-order valence-electron chi connectivity index (χ3n) is 3.01. The summed E-state index contributed by atoms with van der Waals surface area (Å²) in [6.45, 7) is 2.30.